The van der Waals surface area contributed by atoms with Crippen molar-refractivity contribution in [2.24, 2.45) is 0 Å². The third-order valence-electron chi connectivity index (χ3n) is 6.82. The molecule has 3 unspecified atom stereocenters. The summed E-state index contributed by atoms with van der Waals surface area (Å²) in [5.74, 6) is 1.66. The molecular weight excluding hydrogens is 498 g/mol. The molecule has 0 radical (unpaired) electrons. The quantitative estimate of drug-likeness (QED) is 0.433. The number of ether oxygens (including phenoxy) is 2. The molecule has 4 heterocycles. The fourth-order valence-corrected chi connectivity index (χ4v) is 5.18. The van der Waals surface area contributed by atoms with E-state index in [1.807, 2.05) is 44.2 Å². The van der Waals surface area contributed by atoms with Crippen molar-refractivity contribution in [2.75, 3.05) is 60.6 Å². The van der Waals surface area contributed by atoms with Crippen molar-refractivity contribution in [3.63, 3.8) is 0 Å². The highest BCUT2D eigenvalue weighted by molar-refractivity contribution is 5.89. The van der Waals surface area contributed by atoms with Crippen LogP contribution in [0.5, 0.6) is 0 Å². The Hall–Kier alpha value is -3.12. The highest BCUT2D eigenvalue weighted by Gasteiger charge is 2.31. The van der Waals surface area contributed by atoms with Crippen LogP contribution in [0.15, 0.2) is 30.3 Å². The van der Waals surface area contributed by atoms with Crippen LogP contribution in [0.3, 0.4) is 0 Å². The first-order chi connectivity index (χ1) is 18.6. The number of rotatable bonds is 7. The Kier molecular flexibility index (Phi) is 7.86. The number of aliphatic hydroxyl groups excluding tert-OH is 1. The first-order valence-electron chi connectivity index (χ1n) is 13.6. The predicted molar refractivity (Wildman–Crippen MR) is 151 cm³/mol. The highest BCUT2D eigenvalue weighted by atomic mass is 16.5. The lowest BCUT2D eigenvalue weighted by Crippen LogP contribution is -2.47. The minimum Gasteiger partial charge on any atom is -0.389 e. The zero-order valence-corrected chi connectivity index (χ0v) is 23.4. The summed E-state index contributed by atoms with van der Waals surface area (Å²) in [6.45, 7) is 13.1. The van der Waals surface area contributed by atoms with Crippen molar-refractivity contribution in [3.05, 3.63) is 30.3 Å². The van der Waals surface area contributed by atoms with Gasteiger partial charge in [-0.2, -0.15) is 9.97 Å². The minimum atomic E-state index is -1.10. The second-order valence-corrected chi connectivity index (χ2v) is 11.1. The van der Waals surface area contributed by atoms with Crippen LogP contribution >= 0.6 is 0 Å². The normalized spacial score (nSPS) is 21.3. The maximum atomic E-state index is 10.9. The summed E-state index contributed by atoms with van der Waals surface area (Å²) in [4.78, 5) is 26.0. The summed E-state index contributed by atoms with van der Waals surface area (Å²) in [6.07, 6.45) is -0.918. The molecule has 2 N–H and O–H groups in total. The van der Waals surface area contributed by atoms with Crippen molar-refractivity contribution in [3.8, 4) is 11.3 Å². The van der Waals surface area contributed by atoms with E-state index in [-0.39, 0.29) is 18.8 Å². The van der Waals surface area contributed by atoms with Crippen LogP contribution in [0.4, 0.5) is 17.6 Å². The summed E-state index contributed by atoms with van der Waals surface area (Å²) in [7, 11) is 0. The SMILES string of the molecule is CC1CN(c2nc(N(CC(C)(C)O)C(C)O)c3nc(-c4ccccc4)c(N4CCOCC4)nc3n2)CC(C)O1. The van der Waals surface area contributed by atoms with Crippen LogP contribution in [-0.2, 0) is 9.47 Å². The molecule has 3 aromatic rings. The smallest absolute Gasteiger partial charge is 0.229 e. The number of hydrogen-bond donors (Lipinski definition) is 2. The zero-order valence-electron chi connectivity index (χ0n) is 23.4. The van der Waals surface area contributed by atoms with Crippen molar-refractivity contribution in [1.82, 2.24) is 19.9 Å². The lowest BCUT2D eigenvalue weighted by molar-refractivity contribution is -0.00570. The third-order valence-corrected chi connectivity index (χ3v) is 6.82. The average Bonchev–Trinajstić information content (AvgIpc) is 2.90. The van der Waals surface area contributed by atoms with Crippen LogP contribution in [0.1, 0.15) is 34.6 Å². The molecule has 11 nitrogen and oxygen atoms in total. The van der Waals surface area contributed by atoms with Crippen molar-refractivity contribution >= 4 is 28.7 Å². The molecule has 210 valence electrons. The molecule has 2 aromatic heterocycles. The van der Waals surface area contributed by atoms with Gasteiger partial charge in [0, 0.05) is 31.7 Å². The van der Waals surface area contributed by atoms with Gasteiger partial charge in [-0.05, 0) is 34.6 Å². The van der Waals surface area contributed by atoms with Crippen LogP contribution in [0, 0.1) is 0 Å². The minimum absolute atomic E-state index is 0.0104. The van der Waals surface area contributed by atoms with Gasteiger partial charge in [0.1, 0.15) is 11.9 Å². The Balaban J connectivity index is 1.75. The molecule has 2 aliphatic heterocycles. The molecule has 11 heteroatoms. The summed E-state index contributed by atoms with van der Waals surface area (Å²) in [5.41, 5.74) is 1.44. The Bertz CT molecular complexity index is 1270. The molecule has 2 fully saturated rings. The van der Waals surface area contributed by atoms with Gasteiger partial charge in [0.15, 0.2) is 22.8 Å². The molecule has 2 aliphatic rings. The molecule has 0 bridgehead atoms. The summed E-state index contributed by atoms with van der Waals surface area (Å²) in [5, 5.41) is 21.6. The van der Waals surface area contributed by atoms with E-state index in [0.717, 1.165) is 11.4 Å². The highest BCUT2D eigenvalue weighted by Crippen LogP contribution is 2.34. The van der Waals surface area contributed by atoms with E-state index in [1.165, 1.54) is 0 Å². The summed E-state index contributed by atoms with van der Waals surface area (Å²) in [6, 6.07) is 9.93. The number of anilines is 3. The van der Waals surface area contributed by atoms with E-state index in [0.29, 0.717) is 68.0 Å². The fraction of sp³-hybridized carbons (Fsp3) is 0.571. The Morgan fingerprint density at radius 2 is 1.67 bits per heavy atom. The van der Waals surface area contributed by atoms with Gasteiger partial charge in [-0.1, -0.05) is 30.3 Å². The molecule has 39 heavy (non-hydrogen) atoms. The van der Waals surface area contributed by atoms with Gasteiger partial charge in [-0.25, -0.2) is 9.97 Å². The van der Waals surface area contributed by atoms with E-state index >= 15 is 0 Å². The van der Waals surface area contributed by atoms with Gasteiger partial charge >= 0.3 is 0 Å². The number of benzene rings is 1. The van der Waals surface area contributed by atoms with Gasteiger partial charge in [0.05, 0.1) is 37.6 Å². The van der Waals surface area contributed by atoms with E-state index in [1.54, 1.807) is 25.7 Å². The van der Waals surface area contributed by atoms with Crippen molar-refractivity contribution in [1.29, 1.82) is 0 Å². The van der Waals surface area contributed by atoms with Crippen LogP contribution in [-0.4, -0.2) is 100 Å². The molecule has 5 rings (SSSR count). The van der Waals surface area contributed by atoms with Crippen LogP contribution < -0.4 is 14.7 Å². The Morgan fingerprint density at radius 3 is 2.28 bits per heavy atom. The summed E-state index contributed by atoms with van der Waals surface area (Å²) >= 11 is 0. The van der Waals surface area contributed by atoms with E-state index < -0.39 is 11.8 Å². The molecular formula is C28H39N7O4. The Morgan fingerprint density at radius 1 is 1.00 bits per heavy atom. The Labute approximate surface area is 229 Å². The second-order valence-electron chi connectivity index (χ2n) is 11.1. The number of aromatic nitrogens is 4. The van der Waals surface area contributed by atoms with Crippen LogP contribution in [0.25, 0.3) is 22.4 Å². The molecule has 1 aromatic carbocycles. The molecule has 0 saturated carbocycles. The van der Waals surface area contributed by atoms with E-state index in [2.05, 4.69) is 9.80 Å². The average molecular weight is 538 g/mol. The molecule has 3 atom stereocenters. The monoisotopic (exact) mass is 537 g/mol. The van der Waals surface area contributed by atoms with E-state index in [9.17, 15) is 10.2 Å². The third kappa shape index (κ3) is 6.22. The molecule has 2 saturated heterocycles. The first kappa shape index (κ1) is 27.4. The predicted octanol–water partition coefficient (Wildman–Crippen LogP) is 2.45. The number of hydrogen-bond acceptors (Lipinski definition) is 11. The fourth-order valence-electron chi connectivity index (χ4n) is 5.18. The van der Waals surface area contributed by atoms with Gasteiger partial charge < -0.3 is 34.4 Å². The number of nitrogens with zero attached hydrogens (tertiary/aromatic N) is 7. The molecule has 0 spiro atoms. The number of fused-ring (bicyclic) bond motifs is 1. The number of morpholine rings is 2. The van der Waals surface area contributed by atoms with Gasteiger partial charge in [-0.3, -0.25) is 0 Å². The molecule has 0 amide bonds. The molecule has 0 aliphatic carbocycles. The maximum Gasteiger partial charge on any atom is 0.229 e. The largest absolute Gasteiger partial charge is 0.389 e. The van der Waals surface area contributed by atoms with Gasteiger partial charge in [0.25, 0.3) is 0 Å². The van der Waals surface area contributed by atoms with Gasteiger partial charge in [0.2, 0.25) is 5.95 Å². The van der Waals surface area contributed by atoms with Crippen LogP contribution in [0.2, 0.25) is 0 Å². The summed E-state index contributed by atoms with van der Waals surface area (Å²) < 4.78 is 11.5. The van der Waals surface area contributed by atoms with Gasteiger partial charge in [-0.15, -0.1) is 0 Å². The topological polar surface area (TPSA) is 120 Å². The second kappa shape index (κ2) is 11.2. The maximum absolute atomic E-state index is 10.9. The van der Waals surface area contributed by atoms with Crippen molar-refractivity contribution < 1.29 is 19.7 Å². The number of aliphatic hydroxyl groups is 2. The standard InChI is InChI=1S/C28H39N7O4/c1-18-15-34(16-19(2)39-18)27-31-24-23(26(32-27)35(20(3)36)17-28(4,5)37)29-22(21-9-7-6-8-10-21)25(30-24)33-11-13-38-14-12-33/h6-10,18-20,36-37H,11-17H2,1-5H3. The van der Waals surface area contributed by atoms with Crippen molar-refractivity contribution in [2.45, 2.75) is 58.7 Å². The lowest BCUT2D eigenvalue weighted by Gasteiger charge is -2.37. The lowest BCUT2D eigenvalue weighted by atomic mass is 10.1. The zero-order chi connectivity index (χ0) is 27.7. The van der Waals surface area contributed by atoms with E-state index in [4.69, 9.17) is 29.4 Å². The first-order valence-corrected chi connectivity index (χ1v) is 13.6.